The molecule has 0 N–H and O–H groups in total. The second kappa shape index (κ2) is 4.53. The van der Waals surface area contributed by atoms with Gasteiger partial charge in [0, 0.05) is 23.5 Å². The number of hydrogen-bond donors (Lipinski definition) is 0. The van der Waals surface area contributed by atoms with Crippen LogP contribution in [0.15, 0.2) is 18.2 Å². The summed E-state index contributed by atoms with van der Waals surface area (Å²) in [6.07, 6.45) is 0.958. The third-order valence-corrected chi connectivity index (χ3v) is 3.58. The topological polar surface area (TPSA) is 20.3 Å². The van der Waals surface area contributed by atoms with Crippen LogP contribution in [0.25, 0.3) is 0 Å². The summed E-state index contributed by atoms with van der Waals surface area (Å²) in [6, 6.07) is 4.64. The maximum Gasteiger partial charge on any atom is 0.253 e. The van der Waals surface area contributed by atoms with Crippen molar-refractivity contribution < 1.29 is 9.18 Å². The molecule has 0 bridgehead atoms. The van der Waals surface area contributed by atoms with Crippen LogP contribution in [-0.4, -0.2) is 28.7 Å². The predicted octanol–water partition coefficient (Wildman–Crippen LogP) is 2.74. The molecule has 0 aliphatic carbocycles. The van der Waals surface area contributed by atoms with Gasteiger partial charge in [0.05, 0.1) is 0 Å². The summed E-state index contributed by atoms with van der Waals surface area (Å²) in [4.78, 5) is 14.1. The minimum Gasteiger partial charge on any atom is -0.337 e. The summed E-state index contributed by atoms with van der Waals surface area (Å²) in [5.41, 5.74) is 1.00. The van der Waals surface area contributed by atoms with Crippen LogP contribution >= 0.6 is 15.9 Å². The van der Waals surface area contributed by atoms with Crippen molar-refractivity contribution in [2.45, 2.75) is 18.2 Å². The number of likely N-dealkylation sites (tertiary alicyclic amines) is 1. The number of aryl methyl sites for hydroxylation is 1. The molecule has 1 atom stereocenters. The lowest BCUT2D eigenvalue weighted by molar-refractivity contribution is 0.0793. The van der Waals surface area contributed by atoms with E-state index in [0.29, 0.717) is 22.5 Å². The van der Waals surface area contributed by atoms with Crippen molar-refractivity contribution in [2.24, 2.45) is 0 Å². The van der Waals surface area contributed by atoms with Gasteiger partial charge in [0.25, 0.3) is 5.91 Å². The van der Waals surface area contributed by atoms with E-state index in [1.54, 1.807) is 24.0 Å². The van der Waals surface area contributed by atoms with E-state index in [1.807, 2.05) is 0 Å². The molecule has 86 valence electrons. The van der Waals surface area contributed by atoms with Gasteiger partial charge < -0.3 is 4.90 Å². The highest BCUT2D eigenvalue weighted by molar-refractivity contribution is 9.09. The van der Waals surface area contributed by atoms with Crippen LogP contribution in [0.4, 0.5) is 4.39 Å². The molecule has 1 saturated heterocycles. The number of carbonyl (C=O) groups is 1. The molecule has 0 saturated carbocycles. The van der Waals surface area contributed by atoms with Gasteiger partial charge >= 0.3 is 0 Å². The van der Waals surface area contributed by atoms with Gasteiger partial charge in [-0.2, -0.15) is 0 Å². The summed E-state index contributed by atoms with van der Waals surface area (Å²) < 4.78 is 13.3. The molecule has 4 heteroatoms. The summed E-state index contributed by atoms with van der Waals surface area (Å²) in [5.74, 6) is -0.402. The smallest absolute Gasteiger partial charge is 0.253 e. The second-order valence-electron chi connectivity index (χ2n) is 4.10. The van der Waals surface area contributed by atoms with Gasteiger partial charge in [-0.1, -0.05) is 22.0 Å². The Labute approximate surface area is 103 Å². The predicted molar refractivity (Wildman–Crippen MR) is 64.4 cm³/mol. The number of carbonyl (C=O) groups excluding carboxylic acids is 1. The average molecular weight is 286 g/mol. The summed E-state index contributed by atoms with van der Waals surface area (Å²) in [7, 11) is 0. The zero-order valence-corrected chi connectivity index (χ0v) is 10.6. The lowest BCUT2D eigenvalue weighted by Gasteiger charge is -2.15. The second-order valence-corrected chi connectivity index (χ2v) is 5.40. The number of amides is 1. The van der Waals surface area contributed by atoms with Crippen molar-refractivity contribution in [3.8, 4) is 0 Å². The fourth-order valence-corrected chi connectivity index (χ4v) is 2.36. The van der Waals surface area contributed by atoms with Crippen molar-refractivity contribution in [3.05, 3.63) is 35.1 Å². The molecule has 16 heavy (non-hydrogen) atoms. The van der Waals surface area contributed by atoms with Crippen molar-refractivity contribution in [1.82, 2.24) is 4.90 Å². The Hall–Kier alpha value is -0.900. The van der Waals surface area contributed by atoms with Crippen LogP contribution < -0.4 is 0 Å². The minimum absolute atomic E-state index is 0.0825. The van der Waals surface area contributed by atoms with Gasteiger partial charge in [0.1, 0.15) is 5.82 Å². The molecule has 1 fully saturated rings. The van der Waals surface area contributed by atoms with Gasteiger partial charge in [-0.25, -0.2) is 4.39 Å². The van der Waals surface area contributed by atoms with Crippen molar-refractivity contribution in [2.75, 3.05) is 13.1 Å². The number of halogens is 2. The van der Waals surface area contributed by atoms with Crippen molar-refractivity contribution >= 4 is 21.8 Å². The highest BCUT2D eigenvalue weighted by atomic mass is 79.9. The quantitative estimate of drug-likeness (QED) is 0.727. The first kappa shape index (κ1) is 11.6. The Balaban J connectivity index is 2.18. The Morgan fingerprint density at radius 2 is 2.31 bits per heavy atom. The van der Waals surface area contributed by atoms with Gasteiger partial charge in [0.2, 0.25) is 0 Å². The van der Waals surface area contributed by atoms with Gasteiger partial charge in [-0.15, -0.1) is 0 Å². The Morgan fingerprint density at radius 1 is 1.56 bits per heavy atom. The fourth-order valence-electron chi connectivity index (χ4n) is 1.81. The van der Waals surface area contributed by atoms with E-state index >= 15 is 0 Å². The van der Waals surface area contributed by atoms with E-state index in [4.69, 9.17) is 0 Å². The SMILES string of the molecule is Cc1ccc(C(=O)N2CCC(Br)C2)cc1F. The van der Waals surface area contributed by atoms with Crippen LogP contribution in [0.5, 0.6) is 0 Å². The van der Waals surface area contributed by atoms with Crippen molar-refractivity contribution in [1.29, 1.82) is 0 Å². The number of alkyl halides is 1. The zero-order chi connectivity index (χ0) is 11.7. The monoisotopic (exact) mass is 285 g/mol. The Morgan fingerprint density at radius 3 is 2.88 bits per heavy atom. The highest BCUT2D eigenvalue weighted by Gasteiger charge is 2.25. The lowest BCUT2D eigenvalue weighted by Crippen LogP contribution is -2.28. The van der Waals surface area contributed by atoms with Crippen LogP contribution in [0.3, 0.4) is 0 Å². The number of rotatable bonds is 1. The molecule has 2 nitrogen and oxygen atoms in total. The third kappa shape index (κ3) is 2.26. The first-order valence-corrected chi connectivity index (χ1v) is 6.19. The van der Waals surface area contributed by atoms with E-state index in [1.165, 1.54) is 6.07 Å². The summed E-state index contributed by atoms with van der Waals surface area (Å²) >= 11 is 3.48. The molecular weight excluding hydrogens is 273 g/mol. The number of hydrogen-bond acceptors (Lipinski definition) is 1. The Kier molecular flexibility index (Phi) is 3.28. The third-order valence-electron chi connectivity index (χ3n) is 2.84. The molecule has 1 aliphatic rings. The van der Waals surface area contributed by atoms with Crippen LogP contribution in [0, 0.1) is 12.7 Å². The first-order valence-electron chi connectivity index (χ1n) is 5.27. The van der Waals surface area contributed by atoms with E-state index in [2.05, 4.69) is 15.9 Å². The van der Waals surface area contributed by atoms with Crippen LogP contribution in [0.1, 0.15) is 22.3 Å². The van der Waals surface area contributed by atoms with E-state index in [9.17, 15) is 9.18 Å². The van der Waals surface area contributed by atoms with Gasteiger partial charge in [0.15, 0.2) is 0 Å². The molecule has 1 amide bonds. The van der Waals surface area contributed by atoms with E-state index < -0.39 is 0 Å². The molecule has 0 spiro atoms. The molecule has 1 aromatic carbocycles. The Bertz CT molecular complexity index is 421. The number of nitrogens with zero attached hydrogens (tertiary/aromatic N) is 1. The van der Waals surface area contributed by atoms with E-state index in [-0.39, 0.29) is 11.7 Å². The fraction of sp³-hybridized carbons (Fsp3) is 0.417. The molecule has 1 aromatic rings. The highest BCUT2D eigenvalue weighted by Crippen LogP contribution is 2.19. The molecule has 0 radical (unpaired) electrons. The molecular formula is C12H13BrFNO. The summed E-state index contributed by atoms with van der Waals surface area (Å²) in [5, 5.41) is 0. The maximum atomic E-state index is 13.3. The van der Waals surface area contributed by atoms with Gasteiger partial charge in [-0.3, -0.25) is 4.79 Å². The van der Waals surface area contributed by atoms with Crippen LogP contribution in [0.2, 0.25) is 0 Å². The number of benzene rings is 1. The normalized spacial score (nSPS) is 20.2. The van der Waals surface area contributed by atoms with E-state index in [0.717, 1.165) is 13.0 Å². The molecule has 0 aromatic heterocycles. The average Bonchev–Trinajstić information content (AvgIpc) is 2.68. The molecule has 1 aliphatic heterocycles. The minimum atomic E-state index is -0.319. The molecule has 2 rings (SSSR count). The maximum absolute atomic E-state index is 13.3. The lowest BCUT2D eigenvalue weighted by atomic mass is 10.1. The molecule has 1 unspecified atom stereocenters. The summed E-state index contributed by atoms with van der Waals surface area (Å²) in [6.45, 7) is 3.13. The van der Waals surface area contributed by atoms with Crippen molar-refractivity contribution in [3.63, 3.8) is 0 Å². The first-order chi connectivity index (χ1) is 7.58. The largest absolute Gasteiger partial charge is 0.337 e. The van der Waals surface area contributed by atoms with Gasteiger partial charge in [-0.05, 0) is 31.0 Å². The molecule has 1 heterocycles. The zero-order valence-electron chi connectivity index (χ0n) is 9.04. The standard InChI is InChI=1S/C12H13BrFNO/c1-8-2-3-9(6-11(8)14)12(16)15-5-4-10(13)7-15/h2-3,6,10H,4-5,7H2,1H3. The van der Waals surface area contributed by atoms with Crippen LogP contribution in [-0.2, 0) is 0 Å².